The van der Waals surface area contributed by atoms with Gasteiger partial charge in [0.05, 0.1) is 27.9 Å². The molecule has 2 N–H and O–H groups in total. The van der Waals surface area contributed by atoms with Crippen LogP contribution < -0.4 is 22.3 Å². The van der Waals surface area contributed by atoms with Crippen molar-refractivity contribution in [3.63, 3.8) is 0 Å². The molecule has 0 aliphatic heterocycles. The fourth-order valence-corrected chi connectivity index (χ4v) is 4.27. The number of nitrogens with zero attached hydrogens (tertiary/aromatic N) is 4. The standard InChI is InChI=1S/C22H19B2ClN6O/c1-11(26-18-17-19(29-21(23)27-17)30-22(24)28-18)15-10-12-6-5-9-14(25)16(12)20(32)31(15)13-7-3-2-4-8-13/h2-11H,23-24H2,1H3,(H2,26,27,28,29,30)/t11-/m0/s1. The number of imidazole rings is 1. The molecule has 0 amide bonds. The molecular formula is C22H19B2ClN6O. The van der Waals surface area contributed by atoms with Gasteiger partial charge in [-0.15, -0.1) is 0 Å². The minimum atomic E-state index is -0.263. The SMILES string of the molecule is Bc1nc(N[C@@H](C)c2cc3cccc(Cl)c3c(=O)n2-c2ccccc2)c2nc(B)[nH]c2n1. The van der Waals surface area contributed by atoms with Crippen molar-refractivity contribution >= 4 is 66.5 Å². The van der Waals surface area contributed by atoms with Crippen molar-refractivity contribution in [2.24, 2.45) is 0 Å². The molecule has 0 unspecified atom stereocenters. The summed E-state index contributed by atoms with van der Waals surface area (Å²) < 4.78 is 1.70. The van der Waals surface area contributed by atoms with Crippen molar-refractivity contribution < 1.29 is 0 Å². The molecule has 2 aromatic carbocycles. The summed E-state index contributed by atoms with van der Waals surface area (Å²) in [4.78, 5) is 30.3. The van der Waals surface area contributed by atoms with E-state index in [1.54, 1.807) is 10.6 Å². The zero-order valence-electron chi connectivity index (χ0n) is 17.8. The monoisotopic (exact) mass is 440 g/mol. The van der Waals surface area contributed by atoms with Crippen LogP contribution in [0.4, 0.5) is 5.82 Å². The van der Waals surface area contributed by atoms with Gasteiger partial charge >= 0.3 is 0 Å². The molecule has 7 nitrogen and oxygen atoms in total. The Morgan fingerprint density at radius 3 is 2.62 bits per heavy atom. The first-order valence-electron chi connectivity index (χ1n) is 10.3. The molecular weight excluding hydrogens is 421 g/mol. The molecule has 5 aromatic rings. The van der Waals surface area contributed by atoms with E-state index >= 15 is 0 Å². The second-order valence-corrected chi connectivity index (χ2v) is 8.16. The molecule has 0 saturated heterocycles. The molecule has 0 aliphatic rings. The van der Waals surface area contributed by atoms with E-state index in [-0.39, 0.29) is 11.6 Å². The quantitative estimate of drug-likeness (QED) is 0.407. The molecule has 0 bridgehead atoms. The van der Waals surface area contributed by atoms with Gasteiger partial charge in [0.2, 0.25) is 0 Å². The van der Waals surface area contributed by atoms with E-state index in [4.69, 9.17) is 11.6 Å². The van der Waals surface area contributed by atoms with Gasteiger partial charge in [0.25, 0.3) is 5.56 Å². The number of H-pyrrole nitrogens is 1. The Bertz CT molecular complexity index is 1530. The van der Waals surface area contributed by atoms with Crippen molar-refractivity contribution in [3.05, 3.63) is 75.7 Å². The third-order valence-electron chi connectivity index (χ3n) is 5.41. The van der Waals surface area contributed by atoms with Crippen molar-refractivity contribution in [1.82, 2.24) is 24.5 Å². The maximum Gasteiger partial charge on any atom is 0.264 e. The number of nitrogens with one attached hydrogen (secondary N) is 2. The molecule has 0 spiro atoms. The molecule has 5 rings (SSSR count). The lowest BCUT2D eigenvalue weighted by Crippen LogP contribution is -2.26. The third kappa shape index (κ3) is 3.44. The fourth-order valence-electron chi connectivity index (χ4n) is 4.01. The summed E-state index contributed by atoms with van der Waals surface area (Å²) in [6, 6.07) is 16.8. The number of pyridine rings is 1. The van der Waals surface area contributed by atoms with Crippen molar-refractivity contribution in [2.45, 2.75) is 13.0 Å². The van der Waals surface area contributed by atoms with E-state index in [1.807, 2.05) is 71.1 Å². The van der Waals surface area contributed by atoms with Gasteiger partial charge < -0.3 is 10.3 Å². The number of aromatic amines is 1. The predicted octanol–water partition coefficient (Wildman–Crippen LogP) is 1.00. The minimum Gasteiger partial charge on any atom is -0.360 e. The average molecular weight is 441 g/mol. The second kappa shape index (κ2) is 7.84. The molecule has 10 heteroatoms. The lowest BCUT2D eigenvalue weighted by molar-refractivity contribution is 0.774. The van der Waals surface area contributed by atoms with E-state index in [9.17, 15) is 4.79 Å². The van der Waals surface area contributed by atoms with E-state index in [0.29, 0.717) is 33.1 Å². The summed E-state index contributed by atoms with van der Waals surface area (Å²) in [5.41, 5.74) is 4.12. The normalized spacial score (nSPS) is 12.3. The van der Waals surface area contributed by atoms with Gasteiger partial charge in [-0.1, -0.05) is 41.9 Å². The highest BCUT2D eigenvalue weighted by Gasteiger charge is 2.20. The first-order chi connectivity index (χ1) is 15.4. The first-order valence-corrected chi connectivity index (χ1v) is 10.7. The predicted molar refractivity (Wildman–Crippen MR) is 135 cm³/mol. The number of aromatic nitrogens is 5. The summed E-state index contributed by atoms with van der Waals surface area (Å²) in [7, 11) is 3.72. The number of halogens is 1. The average Bonchev–Trinajstić information content (AvgIpc) is 3.14. The number of rotatable bonds is 4. The lowest BCUT2D eigenvalue weighted by Gasteiger charge is -2.22. The Morgan fingerprint density at radius 2 is 1.84 bits per heavy atom. The first kappa shape index (κ1) is 20.3. The molecule has 0 aliphatic carbocycles. The van der Waals surface area contributed by atoms with Crippen LogP contribution in [0.1, 0.15) is 18.7 Å². The summed E-state index contributed by atoms with van der Waals surface area (Å²) in [5.74, 6) is 0.614. The Balaban J connectivity index is 1.71. The molecule has 1 atom stereocenters. The topological polar surface area (TPSA) is 88.5 Å². The van der Waals surface area contributed by atoms with Crippen LogP contribution in [0.15, 0.2) is 59.4 Å². The minimum absolute atomic E-state index is 0.164. The van der Waals surface area contributed by atoms with Crippen LogP contribution in [-0.4, -0.2) is 40.2 Å². The van der Waals surface area contributed by atoms with Gasteiger partial charge in [0, 0.05) is 11.4 Å². The van der Waals surface area contributed by atoms with Gasteiger partial charge in [0.1, 0.15) is 5.52 Å². The van der Waals surface area contributed by atoms with Gasteiger partial charge in [-0.3, -0.25) is 9.36 Å². The molecule has 32 heavy (non-hydrogen) atoms. The Morgan fingerprint density at radius 1 is 1.06 bits per heavy atom. The van der Waals surface area contributed by atoms with Gasteiger partial charge in [0.15, 0.2) is 27.2 Å². The number of para-hydroxylation sites is 1. The van der Waals surface area contributed by atoms with Crippen LogP contribution >= 0.6 is 11.6 Å². The van der Waals surface area contributed by atoms with Crippen molar-refractivity contribution in [2.75, 3.05) is 5.32 Å². The Hall–Kier alpha value is -3.58. The summed E-state index contributed by atoms with van der Waals surface area (Å²) >= 11 is 6.41. The number of anilines is 1. The summed E-state index contributed by atoms with van der Waals surface area (Å²) in [6.45, 7) is 1.99. The van der Waals surface area contributed by atoms with E-state index in [2.05, 4.69) is 25.3 Å². The smallest absolute Gasteiger partial charge is 0.264 e. The van der Waals surface area contributed by atoms with E-state index < -0.39 is 0 Å². The molecule has 3 aromatic heterocycles. The lowest BCUT2D eigenvalue weighted by atomic mass is 10.1. The molecule has 156 valence electrons. The van der Waals surface area contributed by atoms with E-state index in [1.165, 1.54) is 0 Å². The maximum atomic E-state index is 13.6. The Labute approximate surface area is 190 Å². The van der Waals surface area contributed by atoms with Crippen LogP contribution in [0, 0.1) is 0 Å². The molecule has 0 radical (unpaired) electrons. The maximum absolute atomic E-state index is 13.6. The highest BCUT2D eigenvalue weighted by molar-refractivity contribution is 6.35. The van der Waals surface area contributed by atoms with Crippen LogP contribution in [0.3, 0.4) is 0 Å². The van der Waals surface area contributed by atoms with Crippen LogP contribution in [0.2, 0.25) is 5.02 Å². The summed E-state index contributed by atoms with van der Waals surface area (Å²) in [6.07, 6.45) is 0. The molecule has 0 fully saturated rings. The van der Waals surface area contributed by atoms with Crippen LogP contribution in [0.5, 0.6) is 0 Å². The van der Waals surface area contributed by atoms with Gasteiger partial charge in [-0.25, -0.2) is 15.0 Å². The zero-order chi connectivity index (χ0) is 22.4. The second-order valence-electron chi connectivity index (χ2n) is 7.75. The summed E-state index contributed by atoms with van der Waals surface area (Å²) in [5, 5.41) is 5.17. The number of hydrogen-bond donors (Lipinski definition) is 2. The number of fused-ring (bicyclic) bond motifs is 2. The zero-order valence-corrected chi connectivity index (χ0v) is 18.6. The highest BCUT2D eigenvalue weighted by atomic mass is 35.5. The highest BCUT2D eigenvalue weighted by Crippen LogP contribution is 2.27. The fraction of sp³-hybridized carbons (Fsp3) is 0.0909. The van der Waals surface area contributed by atoms with Crippen LogP contribution in [0.25, 0.3) is 27.6 Å². The largest absolute Gasteiger partial charge is 0.360 e. The number of benzene rings is 2. The van der Waals surface area contributed by atoms with Gasteiger partial charge in [-0.2, -0.15) is 0 Å². The van der Waals surface area contributed by atoms with Crippen LogP contribution in [-0.2, 0) is 0 Å². The van der Waals surface area contributed by atoms with Crippen molar-refractivity contribution in [3.8, 4) is 5.69 Å². The Kier molecular flexibility index (Phi) is 4.98. The van der Waals surface area contributed by atoms with E-state index in [0.717, 1.165) is 22.5 Å². The number of hydrogen-bond acceptors (Lipinski definition) is 5. The third-order valence-corrected chi connectivity index (χ3v) is 5.73. The van der Waals surface area contributed by atoms with Crippen molar-refractivity contribution in [1.29, 1.82) is 0 Å². The van der Waals surface area contributed by atoms with Gasteiger partial charge in [-0.05, 0) is 36.6 Å². The molecule has 3 heterocycles. The molecule has 0 saturated carbocycles.